The number of nitrogens with zero attached hydrogens (tertiary/aromatic N) is 1. The van der Waals surface area contributed by atoms with Crippen LogP contribution in [-0.4, -0.2) is 15.1 Å². The van der Waals surface area contributed by atoms with Crippen LogP contribution in [0.5, 0.6) is 5.88 Å². The van der Waals surface area contributed by atoms with Crippen molar-refractivity contribution in [3.8, 4) is 5.88 Å². The summed E-state index contributed by atoms with van der Waals surface area (Å²) in [4.78, 5) is 17.6. The minimum atomic E-state index is -0.265. The van der Waals surface area contributed by atoms with E-state index in [0.29, 0.717) is 12.2 Å². The highest BCUT2D eigenvalue weighted by Gasteiger charge is 2.06. The highest BCUT2D eigenvalue weighted by molar-refractivity contribution is 14.1. The molecule has 72 valence electrons. The van der Waals surface area contributed by atoms with E-state index in [2.05, 4.69) is 16.9 Å². The van der Waals surface area contributed by atoms with Crippen LogP contribution in [0.3, 0.4) is 0 Å². The lowest BCUT2D eigenvalue weighted by Crippen LogP contribution is -2.14. The molecule has 1 heterocycles. The fourth-order valence-electron chi connectivity index (χ4n) is 0.955. The molecule has 1 aromatic rings. The van der Waals surface area contributed by atoms with Gasteiger partial charge in [-0.25, -0.2) is 0 Å². The Bertz CT molecular complexity index is 348. The molecule has 1 rings (SSSR count). The second-order valence-electron chi connectivity index (χ2n) is 2.75. The summed E-state index contributed by atoms with van der Waals surface area (Å²) in [7, 11) is 0. The molecule has 1 aromatic heterocycles. The number of hydrogen-bond donors (Lipinski definition) is 2. The van der Waals surface area contributed by atoms with Gasteiger partial charge in [-0.05, 0) is 29.0 Å². The highest BCUT2D eigenvalue weighted by atomic mass is 127. The maximum atomic E-state index is 11.2. The Morgan fingerprint density at radius 2 is 2.31 bits per heavy atom. The van der Waals surface area contributed by atoms with Crippen LogP contribution in [0, 0.1) is 3.57 Å². The number of rotatable bonds is 3. The molecule has 4 nitrogen and oxygen atoms in total. The van der Waals surface area contributed by atoms with Crippen LogP contribution >= 0.6 is 22.6 Å². The molecule has 0 saturated carbocycles. The first-order valence-corrected chi connectivity index (χ1v) is 5.20. The van der Waals surface area contributed by atoms with Gasteiger partial charge in [0.05, 0.1) is 0 Å². The van der Waals surface area contributed by atoms with Gasteiger partial charge in [-0.15, -0.1) is 0 Å². The number of hydrogen-bond acceptors (Lipinski definition) is 3. The standard InChI is InChI=1S/C8H11IN2O2/c1-2-3-4-5-10-7(12)6(9)8(13)11-5/h2-4H2,1H3,(H2,10,11,12,13). The minimum absolute atomic E-state index is 0.171. The second kappa shape index (κ2) is 4.59. The second-order valence-corrected chi connectivity index (χ2v) is 3.83. The molecular formula is C8H11IN2O2. The lowest BCUT2D eigenvalue weighted by Gasteiger charge is -2.00. The summed E-state index contributed by atoms with van der Waals surface area (Å²) >= 11 is 1.77. The minimum Gasteiger partial charge on any atom is -0.492 e. The number of nitrogens with one attached hydrogen (secondary N) is 1. The molecule has 5 heteroatoms. The third kappa shape index (κ3) is 2.68. The molecule has 0 spiro atoms. The summed E-state index contributed by atoms with van der Waals surface area (Å²) in [5, 5.41) is 9.24. The molecule has 0 aliphatic carbocycles. The van der Waals surface area contributed by atoms with Gasteiger partial charge in [0, 0.05) is 6.42 Å². The predicted molar refractivity (Wildman–Crippen MR) is 57.9 cm³/mol. The topological polar surface area (TPSA) is 66.0 Å². The van der Waals surface area contributed by atoms with E-state index in [1.807, 2.05) is 0 Å². The summed E-state index contributed by atoms with van der Waals surface area (Å²) in [5.41, 5.74) is -0.265. The summed E-state index contributed by atoms with van der Waals surface area (Å²) in [5.74, 6) is 0.389. The average molecular weight is 294 g/mol. The van der Waals surface area contributed by atoms with Crippen molar-refractivity contribution in [2.75, 3.05) is 0 Å². The van der Waals surface area contributed by atoms with Crippen molar-refractivity contribution in [1.29, 1.82) is 0 Å². The van der Waals surface area contributed by atoms with Gasteiger partial charge in [0.25, 0.3) is 5.56 Å². The van der Waals surface area contributed by atoms with Crippen molar-refractivity contribution < 1.29 is 5.11 Å². The van der Waals surface area contributed by atoms with E-state index in [0.717, 1.165) is 12.8 Å². The van der Waals surface area contributed by atoms with Crippen LogP contribution < -0.4 is 5.56 Å². The van der Waals surface area contributed by atoms with Crippen LogP contribution in [0.1, 0.15) is 25.6 Å². The molecular weight excluding hydrogens is 283 g/mol. The van der Waals surface area contributed by atoms with E-state index in [4.69, 9.17) is 0 Å². The van der Waals surface area contributed by atoms with Crippen molar-refractivity contribution in [3.63, 3.8) is 0 Å². The van der Waals surface area contributed by atoms with Crippen molar-refractivity contribution in [2.24, 2.45) is 0 Å². The molecule has 0 fully saturated rings. The molecule has 0 aliphatic rings. The number of aromatic nitrogens is 2. The third-order valence-corrected chi connectivity index (χ3v) is 2.63. The smallest absolute Gasteiger partial charge is 0.268 e. The average Bonchev–Trinajstić information content (AvgIpc) is 2.10. The summed E-state index contributed by atoms with van der Waals surface area (Å²) < 4.78 is 0.248. The van der Waals surface area contributed by atoms with Crippen LogP contribution in [0.2, 0.25) is 0 Å². The van der Waals surface area contributed by atoms with E-state index in [1.54, 1.807) is 22.6 Å². The Morgan fingerprint density at radius 1 is 1.62 bits per heavy atom. The van der Waals surface area contributed by atoms with E-state index in [9.17, 15) is 9.90 Å². The predicted octanol–water partition coefficient (Wildman–Crippen LogP) is 1.42. The quantitative estimate of drug-likeness (QED) is 0.829. The van der Waals surface area contributed by atoms with Gasteiger partial charge in [0.1, 0.15) is 9.39 Å². The van der Waals surface area contributed by atoms with Crippen molar-refractivity contribution in [3.05, 3.63) is 19.7 Å². The SMILES string of the molecule is CCCCc1nc(O)c(I)c(=O)[nH]1. The zero-order valence-corrected chi connectivity index (χ0v) is 9.46. The number of H-pyrrole nitrogens is 1. The first-order chi connectivity index (χ1) is 6.15. The molecule has 13 heavy (non-hydrogen) atoms. The highest BCUT2D eigenvalue weighted by Crippen LogP contribution is 2.11. The normalized spacial score (nSPS) is 10.3. The molecule has 0 saturated heterocycles. The van der Waals surface area contributed by atoms with Crippen LogP contribution in [0.15, 0.2) is 4.79 Å². The molecule has 2 N–H and O–H groups in total. The third-order valence-electron chi connectivity index (χ3n) is 1.66. The maximum Gasteiger partial charge on any atom is 0.268 e. The van der Waals surface area contributed by atoms with E-state index >= 15 is 0 Å². The van der Waals surface area contributed by atoms with E-state index < -0.39 is 0 Å². The number of aromatic amines is 1. The maximum absolute atomic E-state index is 11.2. The Balaban J connectivity index is 2.93. The van der Waals surface area contributed by atoms with Gasteiger partial charge in [0.15, 0.2) is 0 Å². The van der Waals surface area contributed by atoms with E-state index in [1.165, 1.54) is 0 Å². The first kappa shape index (κ1) is 10.5. The van der Waals surface area contributed by atoms with E-state index in [-0.39, 0.29) is 15.0 Å². The largest absolute Gasteiger partial charge is 0.492 e. The fraction of sp³-hybridized carbons (Fsp3) is 0.500. The zero-order valence-electron chi connectivity index (χ0n) is 7.30. The van der Waals surface area contributed by atoms with Gasteiger partial charge in [-0.3, -0.25) is 4.79 Å². The molecule has 0 amide bonds. The molecule has 0 radical (unpaired) electrons. The van der Waals surface area contributed by atoms with Gasteiger partial charge >= 0.3 is 0 Å². The van der Waals surface area contributed by atoms with Crippen LogP contribution in [0.4, 0.5) is 0 Å². The van der Waals surface area contributed by atoms with Crippen molar-refractivity contribution in [2.45, 2.75) is 26.2 Å². The lowest BCUT2D eigenvalue weighted by molar-refractivity contribution is 0.442. The Kier molecular flexibility index (Phi) is 3.71. The van der Waals surface area contributed by atoms with Gasteiger partial charge in [-0.2, -0.15) is 4.98 Å². The summed E-state index contributed by atoms with van der Waals surface area (Å²) in [6.07, 6.45) is 2.70. The Hall–Kier alpha value is -0.590. The van der Waals surface area contributed by atoms with Crippen molar-refractivity contribution in [1.82, 2.24) is 9.97 Å². The monoisotopic (exact) mass is 294 g/mol. The number of aryl methyl sites for hydroxylation is 1. The molecule has 0 unspecified atom stereocenters. The molecule has 0 aromatic carbocycles. The number of unbranched alkanes of at least 4 members (excludes halogenated alkanes) is 1. The summed E-state index contributed by atoms with van der Waals surface area (Å²) in [6, 6.07) is 0. The fourth-order valence-corrected chi connectivity index (χ4v) is 1.21. The van der Waals surface area contributed by atoms with Gasteiger partial charge < -0.3 is 10.1 Å². The molecule has 0 aliphatic heterocycles. The first-order valence-electron chi connectivity index (χ1n) is 4.12. The zero-order chi connectivity index (χ0) is 9.84. The van der Waals surface area contributed by atoms with Crippen LogP contribution in [-0.2, 0) is 6.42 Å². The van der Waals surface area contributed by atoms with Crippen LogP contribution in [0.25, 0.3) is 0 Å². The molecule has 0 atom stereocenters. The number of aromatic hydroxyl groups is 1. The van der Waals surface area contributed by atoms with Gasteiger partial charge in [0.2, 0.25) is 5.88 Å². The number of halogens is 1. The van der Waals surface area contributed by atoms with Gasteiger partial charge in [-0.1, -0.05) is 13.3 Å². The lowest BCUT2D eigenvalue weighted by atomic mass is 10.2. The molecule has 0 bridgehead atoms. The van der Waals surface area contributed by atoms with Crippen molar-refractivity contribution >= 4 is 22.6 Å². The summed E-state index contributed by atoms with van der Waals surface area (Å²) in [6.45, 7) is 2.06. The Labute approximate surface area is 89.5 Å². The Morgan fingerprint density at radius 3 is 2.85 bits per heavy atom.